The van der Waals surface area contributed by atoms with Gasteiger partial charge in [-0.25, -0.2) is 18.6 Å². The molecule has 19 heavy (non-hydrogen) atoms. The Balaban J connectivity index is 2.39. The maximum atomic E-state index is 13.1. The number of carboxylic acids is 1. The van der Waals surface area contributed by atoms with Crippen LogP contribution in [0.15, 0.2) is 40.3 Å². The molecule has 0 amide bonds. The minimum absolute atomic E-state index is 0.0564. The van der Waals surface area contributed by atoms with E-state index in [0.29, 0.717) is 4.90 Å². The normalized spacial score (nSPS) is 10.5. The lowest BCUT2D eigenvalue weighted by molar-refractivity contribution is 0.0692. The van der Waals surface area contributed by atoms with Gasteiger partial charge >= 0.3 is 5.97 Å². The van der Waals surface area contributed by atoms with E-state index in [2.05, 4.69) is 4.98 Å². The van der Waals surface area contributed by atoms with Crippen LogP contribution in [-0.2, 0) is 0 Å². The van der Waals surface area contributed by atoms with Gasteiger partial charge in [-0.3, -0.25) is 0 Å². The predicted octanol–water partition coefficient (Wildman–Crippen LogP) is 3.86. The maximum Gasteiger partial charge on any atom is 0.338 e. The number of nitrogens with zero attached hydrogens (tertiary/aromatic N) is 1. The molecule has 0 bridgehead atoms. The third-order valence-corrected chi connectivity index (χ3v) is 3.37. The van der Waals surface area contributed by atoms with Crippen LogP contribution in [0.2, 0.25) is 5.15 Å². The molecule has 0 radical (unpaired) electrons. The molecule has 2 aromatic rings. The van der Waals surface area contributed by atoms with Crippen molar-refractivity contribution in [2.75, 3.05) is 0 Å². The lowest BCUT2D eigenvalue weighted by Crippen LogP contribution is -2.00. The molecule has 0 spiro atoms. The number of pyridine rings is 1. The highest BCUT2D eigenvalue weighted by Gasteiger charge is 2.14. The molecule has 1 aromatic heterocycles. The van der Waals surface area contributed by atoms with Gasteiger partial charge in [0.2, 0.25) is 0 Å². The van der Waals surface area contributed by atoms with E-state index in [0.717, 1.165) is 23.9 Å². The van der Waals surface area contributed by atoms with Gasteiger partial charge in [-0.2, -0.15) is 0 Å². The van der Waals surface area contributed by atoms with E-state index in [-0.39, 0.29) is 15.7 Å². The summed E-state index contributed by atoms with van der Waals surface area (Å²) in [6, 6.07) is 5.91. The van der Waals surface area contributed by atoms with Crippen molar-refractivity contribution in [1.82, 2.24) is 4.98 Å². The number of benzene rings is 1. The molecular formula is C12H6ClF2NO2S. The Morgan fingerprint density at radius 1 is 1.21 bits per heavy atom. The van der Waals surface area contributed by atoms with Crippen molar-refractivity contribution in [3.05, 3.63) is 52.7 Å². The summed E-state index contributed by atoms with van der Waals surface area (Å²) in [6.07, 6.45) is 0. The molecule has 0 saturated carbocycles. The largest absolute Gasteiger partial charge is 0.478 e. The molecule has 98 valence electrons. The summed E-state index contributed by atoms with van der Waals surface area (Å²) in [5.74, 6) is -3.15. The average Bonchev–Trinajstić information content (AvgIpc) is 2.33. The van der Waals surface area contributed by atoms with Crippen molar-refractivity contribution in [3.8, 4) is 0 Å². The Hall–Kier alpha value is -1.66. The van der Waals surface area contributed by atoms with Crippen LogP contribution in [-0.4, -0.2) is 16.1 Å². The SMILES string of the molecule is O=C(O)c1ccc(Cl)nc1Sc1ccc(F)c(F)c1. The highest BCUT2D eigenvalue weighted by Crippen LogP contribution is 2.30. The van der Waals surface area contributed by atoms with Gasteiger partial charge in [-0.1, -0.05) is 23.4 Å². The van der Waals surface area contributed by atoms with Crippen LogP contribution in [0, 0.1) is 11.6 Å². The third-order valence-electron chi connectivity index (χ3n) is 2.16. The van der Waals surface area contributed by atoms with Crippen molar-refractivity contribution in [2.24, 2.45) is 0 Å². The molecule has 2 rings (SSSR count). The number of aromatic nitrogens is 1. The zero-order chi connectivity index (χ0) is 14.0. The molecule has 1 aromatic carbocycles. The summed E-state index contributed by atoms with van der Waals surface area (Å²) in [7, 11) is 0. The molecule has 7 heteroatoms. The Kier molecular flexibility index (Phi) is 4.01. The monoisotopic (exact) mass is 301 g/mol. The van der Waals surface area contributed by atoms with E-state index in [4.69, 9.17) is 16.7 Å². The van der Waals surface area contributed by atoms with Crippen molar-refractivity contribution < 1.29 is 18.7 Å². The van der Waals surface area contributed by atoms with E-state index in [1.54, 1.807) is 0 Å². The third kappa shape index (κ3) is 3.21. The van der Waals surface area contributed by atoms with E-state index in [1.807, 2.05) is 0 Å². The molecule has 3 nitrogen and oxygen atoms in total. The molecule has 1 N–H and O–H groups in total. The molecule has 0 aliphatic carbocycles. The topological polar surface area (TPSA) is 50.2 Å². The summed E-state index contributed by atoms with van der Waals surface area (Å²) in [6.45, 7) is 0. The van der Waals surface area contributed by atoms with E-state index in [9.17, 15) is 13.6 Å². The fourth-order valence-electron chi connectivity index (χ4n) is 1.31. The van der Waals surface area contributed by atoms with Crippen molar-refractivity contribution in [1.29, 1.82) is 0 Å². The standard InChI is InChI=1S/C12H6ClF2NO2S/c13-10-4-2-7(12(17)18)11(16-10)19-6-1-3-8(14)9(15)5-6/h1-5H,(H,17,18). The Labute approximate surface area is 116 Å². The number of hydrogen-bond donors (Lipinski definition) is 1. The number of carbonyl (C=O) groups is 1. The molecule has 0 fully saturated rings. The molecule has 0 atom stereocenters. The van der Waals surface area contributed by atoms with Gasteiger partial charge in [-0.05, 0) is 30.3 Å². The number of halogens is 3. The highest BCUT2D eigenvalue weighted by molar-refractivity contribution is 7.99. The van der Waals surface area contributed by atoms with Gasteiger partial charge in [0.05, 0.1) is 5.56 Å². The van der Waals surface area contributed by atoms with Crippen molar-refractivity contribution >= 4 is 29.3 Å². The zero-order valence-corrected chi connectivity index (χ0v) is 10.8. The van der Waals surface area contributed by atoms with Gasteiger partial charge < -0.3 is 5.11 Å². The Morgan fingerprint density at radius 3 is 2.58 bits per heavy atom. The predicted molar refractivity (Wildman–Crippen MR) is 66.7 cm³/mol. The van der Waals surface area contributed by atoms with Gasteiger partial charge in [0.15, 0.2) is 11.6 Å². The lowest BCUT2D eigenvalue weighted by atomic mass is 10.3. The summed E-state index contributed by atoms with van der Waals surface area (Å²) in [5, 5.41) is 9.24. The van der Waals surface area contributed by atoms with Crippen molar-refractivity contribution in [3.63, 3.8) is 0 Å². The van der Waals surface area contributed by atoms with Crippen LogP contribution >= 0.6 is 23.4 Å². The minimum atomic E-state index is -1.17. The van der Waals surface area contributed by atoms with E-state index < -0.39 is 17.6 Å². The van der Waals surface area contributed by atoms with Crippen molar-refractivity contribution in [2.45, 2.75) is 9.92 Å². The lowest BCUT2D eigenvalue weighted by Gasteiger charge is -2.05. The molecule has 0 unspecified atom stereocenters. The molecule has 0 aliphatic rings. The molecule has 0 saturated heterocycles. The first kappa shape index (κ1) is 13.8. The van der Waals surface area contributed by atoms with Crippen LogP contribution < -0.4 is 0 Å². The summed E-state index contributed by atoms with van der Waals surface area (Å²) < 4.78 is 25.9. The van der Waals surface area contributed by atoms with E-state index in [1.165, 1.54) is 18.2 Å². The van der Waals surface area contributed by atoms with Crippen LogP contribution in [0.5, 0.6) is 0 Å². The van der Waals surface area contributed by atoms with Crippen LogP contribution in [0.1, 0.15) is 10.4 Å². The molecular weight excluding hydrogens is 296 g/mol. The van der Waals surface area contributed by atoms with E-state index >= 15 is 0 Å². The zero-order valence-electron chi connectivity index (χ0n) is 9.23. The minimum Gasteiger partial charge on any atom is -0.478 e. The second kappa shape index (κ2) is 5.54. The first-order valence-corrected chi connectivity index (χ1v) is 6.19. The average molecular weight is 302 g/mol. The van der Waals surface area contributed by atoms with Gasteiger partial charge in [-0.15, -0.1) is 0 Å². The summed E-state index contributed by atoms with van der Waals surface area (Å²) in [4.78, 5) is 15.2. The van der Waals surface area contributed by atoms with Crippen LogP contribution in [0.25, 0.3) is 0 Å². The molecule has 1 heterocycles. The van der Waals surface area contributed by atoms with Gasteiger partial charge in [0, 0.05) is 4.90 Å². The number of carboxylic acid groups (broad SMARTS) is 1. The number of rotatable bonds is 3. The first-order valence-electron chi connectivity index (χ1n) is 5.00. The summed E-state index contributed by atoms with van der Waals surface area (Å²) in [5.41, 5.74) is -0.0564. The Bertz CT molecular complexity index is 652. The number of aromatic carboxylic acids is 1. The maximum absolute atomic E-state index is 13.1. The number of hydrogen-bond acceptors (Lipinski definition) is 3. The fourth-order valence-corrected chi connectivity index (χ4v) is 2.44. The smallest absolute Gasteiger partial charge is 0.338 e. The van der Waals surface area contributed by atoms with Gasteiger partial charge in [0.1, 0.15) is 10.2 Å². The molecule has 0 aliphatic heterocycles. The van der Waals surface area contributed by atoms with Gasteiger partial charge in [0.25, 0.3) is 0 Å². The quantitative estimate of drug-likeness (QED) is 0.875. The van der Waals surface area contributed by atoms with Crippen LogP contribution in [0.3, 0.4) is 0 Å². The highest BCUT2D eigenvalue weighted by atomic mass is 35.5. The van der Waals surface area contributed by atoms with Crippen LogP contribution in [0.4, 0.5) is 8.78 Å². The fraction of sp³-hybridized carbons (Fsp3) is 0. The first-order chi connectivity index (χ1) is 8.97. The second-order valence-electron chi connectivity index (χ2n) is 3.47. The summed E-state index contributed by atoms with van der Waals surface area (Å²) >= 11 is 6.59. The second-order valence-corrected chi connectivity index (χ2v) is 4.92. The Morgan fingerprint density at radius 2 is 1.95 bits per heavy atom.